The fourth-order valence-corrected chi connectivity index (χ4v) is 3.57. The van der Waals surface area contributed by atoms with Crippen LogP contribution < -0.4 is 0 Å². The van der Waals surface area contributed by atoms with Crippen molar-refractivity contribution in [2.45, 2.75) is 0 Å². The molecule has 112 valence electrons. The van der Waals surface area contributed by atoms with Crippen molar-refractivity contribution in [2.75, 3.05) is 59.9 Å². The summed E-state index contributed by atoms with van der Waals surface area (Å²) in [5.74, 6) is 0.238. The monoisotopic (exact) mass is 359 g/mol. The van der Waals surface area contributed by atoms with E-state index in [0.29, 0.717) is 6.54 Å². The predicted octanol–water partition coefficient (Wildman–Crippen LogP) is 1.87. The quantitative estimate of drug-likeness (QED) is 0.724. The van der Waals surface area contributed by atoms with E-state index in [-0.39, 0.29) is 5.78 Å². The summed E-state index contributed by atoms with van der Waals surface area (Å²) in [5.41, 5.74) is 0. The molecule has 6 heteroatoms. The van der Waals surface area contributed by atoms with E-state index in [0.717, 1.165) is 47.9 Å². The van der Waals surface area contributed by atoms with Gasteiger partial charge in [0.2, 0.25) is 0 Å². The molecule has 0 aliphatic carbocycles. The molecule has 2 rings (SSSR count). The Kier molecular flexibility index (Phi) is 6.17. The molecular weight excluding hydrogens is 338 g/mol. The van der Waals surface area contributed by atoms with Crippen molar-refractivity contribution in [3.8, 4) is 0 Å². The minimum Gasteiger partial charge on any atom is -0.308 e. The van der Waals surface area contributed by atoms with Crippen LogP contribution in [0.2, 0.25) is 0 Å². The Morgan fingerprint density at radius 2 is 1.90 bits per heavy atom. The van der Waals surface area contributed by atoms with Gasteiger partial charge in [-0.3, -0.25) is 14.6 Å². The molecule has 0 bridgehead atoms. The third-order valence-electron chi connectivity index (χ3n) is 3.54. The Morgan fingerprint density at radius 3 is 2.45 bits per heavy atom. The van der Waals surface area contributed by atoms with Crippen molar-refractivity contribution in [1.29, 1.82) is 0 Å². The Bertz CT molecular complexity index is 441. The molecule has 2 heterocycles. The normalized spacial score (nSPS) is 17.8. The van der Waals surface area contributed by atoms with Crippen LogP contribution in [-0.2, 0) is 0 Å². The van der Waals surface area contributed by atoms with Gasteiger partial charge in [-0.25, -0.2) is 0 Å². The molecule has 20 heavy (non-hydrogen) atoms. The molecule has 0 radical (unpaired) electrons. The van der Waals surface area contributed by atoms with Crippen LogP contribution in [0.5, 0.6) is 0 Å². The topological polar surface area (TPSA) is 26.8 Å². The van der Waals surface area contributed by atoms with E-state index >= 15 is 0 Å². The zero-order valence-corrected chi connectivity index (χ0v) is 14.5. The van der Waals surface area contributed by atoms with Gasteiger partial charge in [-0.2, -0.15) is 0 Å². The fraction of sp³-hybridized carbons (Fsp3) is 0.643. The Morgan fingerprint density at radius 1 is 1.25 bits per heavy atom. The van der Waals surface area contributed by atoms with Gasteiger partial charge in [0.1, 0.15) is 0 Å². The number of piperazine rings is 1. The van der Waals surface area contributed by atoms with Crippen LogP contribution in [0.1, 0.15) is 9.67 Å². The van der Waals surface area contributed by atoms with Crippen LogP contribution in [-0.4, -0.2) is 80.4 Å². The summed E-state index contributed by atoms with van der Waals surface area (Å²) in [4.78, 5) is 20.0. The highest BCUT2D eigenvalue weighted by molar-refractivity contribution is 9.11. The summed E-state index contributed by atoms with van der Waals surface area (Å²) in [6.45, 7) is 6.88. The van der Waals surface area contributed by atoms with Gasteiger partial charge in [0.15, 0.2) is 5.78 Å². The molecule has 1 aromatic heterocycles. The SMILES string of the molecule is CN(C)CCN1CCN(CC(=O)c2ccc(Br)s2)CC1. The maximum Gasteiger partial charge on any atom is 0.186 e. The van der Waals surface area contributed by atoms with Gasteiger partial charge in [-0.05, 0) is 42.2 Å². The molecule has 4 nitrogen and oxygen atoms in total. The second-order valence-corrected chi connectivity index (χ2v) is 7.91. The Hall–Kier alpha value is -0.270. The Balaban J connectivity index is 1.73. The minimum atomic E-state index is 0.238. The first kappa shape index (κ1) is 16.1. The fourth-order valence-electron chi connectivity index (χ4n) is 2.26. The lowest BCUT2D eigenvalue weighted by atomic mass is 10.2. The van der Waals surface area contributed by atoms with E-state index in [9.17, 15) is 4.79 Å². The number of hydrogen-bond acceptors (Lipinski definition) is 5. The summed E-state index contributed by atoms with van der Waals surface area (Å²) in [5, 5.41) is 0. The van der Waals surface area contributed by atoms with Crippen molar-refractivity contribution in [3.05, 3.63) is 20.8 Å². The van der Waals surface area contributed by atoms with Gasteiger partial charge in [-0.1, -0.05) is 0 Å². The molecule has 0 saturated carbocycles. The lowest BCUT2D eigenvalue weighted by molar-refractivity contribution is 0.0848. The van der Waals surface area contributed by atoms with Crippen LogP contribution in [0.15, 0.2) is 15.9 Å². The van der Waals surface area contributed by atoms with Crippen molar-refractivity contribution in [1.82, 2.24) is 14.7 Å². The molecule has 0 amide bonds. The summed E-state index contributed by atoms with van der Waals surface area (Å²) in [7, 11) is 4.21. The number of thiophene rings is 1. The number of nitrogens with zero attached hydrogens (tertiary/aromatic N) is 3. The minimum absolute atomic E-state index is 0.238. The van der Waals surface area contributed by atoms with Gasteiger partial charge in [0.25, 0.3) is 0 Å². The number of halogens is 1. The highest BCUT2D eigenvalue weighted by atomic mass is 79.9. The first-order valence-electron chi connectivity index (χ1n) is 6.92. The number of carbonyl (C=O) groups excluding carboxylic acids is 1. The van der Waals surface area contributed by atoms with Crippen LogP contribution >= 0.6 is 27.3 Å². The van der Waals surface area contributed by atoms with Gasteiger partial charge in [0.05, 0.1) is 15.2 Å². The first-order chi connectivity index (χ1) is 9.54. The van der Waals surface area contributed by atoms with Crippen LogP contribution in [0.25, 0.3) is 0 Å². The lowest BCUT2D eigenvalue weighted by Gasteiger charge is -2.34. The van der Waals surface area contributed by atoms with Crippen molar-refractivity contribution >= 4 is 33.0 Å². The number of rotatable bonds is 6. The second kappa shape index (κ2) is 7.66. The van der Waals surface area contributed by atoms with E-state index in [1.54, 1.807) is 0 Å². The van der Waals surface area contributed by atoms with E-state index in [4.69, 9.17) is 0 Å². The molecule has 0 unspecified atom stereocenters. The lowest BCUT2D eigenvalue weighted by Crippen LogP contribution is -2.49. The van der Waals surface area contributed by atoms with Crippen LogP contribution in [0.4, 0.5) is 0 Å². The number of ketones is 1. The average molecular weight is 360 g/mol. The summed E-state index contributed by atoms with van der Waals surface area (Å²) < 4.78 is 1.02. The molecule has 0 aromatic carbocycles. The first-order valence-corrected chi connectivity index (χ1v) is 8.53. The molecular formula is C14H22BrN3OS. The molecule has 0 atom stereocenters. The van der Waals surface area contributed by atoms with Gasteiger partial charge in [0, 0.05) is 39.3 Å². The molecule has 0 N–H and O–H groups in total. The number of likely N-dealkylation sites (N-methyl/N-ethyl adjacent to an activating group) is 1. The molecule has 1 aliphatic rings. The molecule has 1 fully saturated rings. The maximum atomic E-state index is 12.2. The summed E-state index contributed by atoms with van der Waals surface area (Å²) >= 11 is 4.93. The van der Waals surface area contributed by atoms with E-state index < -0.39 is 0 Å². The number of carbonyl (C=O) groups is 1. The zero-order valence-electron chi connectivity index (χ0n) is 12.1. The Labute approximate surface area is 133 Å². The van der Waals surface area contributed by atoms with Crippen molar-refractivity contribution < 1.29 is 4.79 Å². The summed E-state index contributed by atoms with van der Waals surface area (Å²) in [6.07, 6.45) is 0. The van der Waals surface area contributed by atoms with E-state index in [1.165, 1.54) is 11.3 Å². The standard InChI is InChI=1S/C14H22BrN3OS/c1-16(2)5-6-17-7-9-18(10-8-17)11-12(19)13-3-4-14(15)20-13/h3-4H,5-11H2,1-2H3. The third-order valence-corrected chi connectivity index (χ3v) is 5.21. The van der Waals surface area contributed by atoms with E-state index in [2.05, 4.69) is 44.7 Å². The molecule has 1 saturated heterocycles. The van der Waals surface area contributed by atoms with Gasteiger partial charge in [-0.15, -0.1) is 11.3 Å². The van der Waals surface area contributed by atoms with Crippen molar-refractivity contribution in [2.24, 2.45) is 0 Å². The predicted molar refractivity (Wildman–Crippen MR) is 87.8 cm³/mol. The zero-order chi connectivity index (χ0) is 14.5. The van der Waals surface area contributed by atoms with Gasteiger partial charge >= 0.3 is 0 Å². The maximum absolute atomic E-state index is 12.2. The largest absolute Gasteiger partial charge is 0.308 e. The van der Waals surface area contributed by atoms with E-state index in [1.807, 2.05) is 12.1 Å². The van der Waals surface area contributed by atoms with Crippen molar-refractivity contribution in [3.63, 3.8) is 0 Å². The molecule has 0 spiro atoms. The van der Waals surface area contributed by atoms with Crippen LogP contribution in [0.3, 0.4) is 0 Å². The second-order valence-electron chi connectivity index (χ2n) is 5.45. The average Bonchev–Trinajstić information content (AvgIpc) is 2.85. The smallest absolute Gasteiger partial charge is 0.186 e. The highest BCUT2D eigenvalue weighted by Crippen LogP contribution is 2.22. The summed E-state index contributed by atoms with van der Waals surface area (Å²) in [6, 6.07) is 3.85. The van der Waals surface area contributed by atoms with Gasteiger partial charge < -0.3 is 4.90 Å². The number of Topliss-reactive ketones (excluding diaryl/α,β-unsaturated/α-hetero) is 1. The number of hydrogen-bond donors (Lipinski definition) is 0. The third kappa shape index (κ3) is 4.93. The molecule has 1 aromatic rings. The highest BCUT2D eigenvalue weighted by Gasteiger charge is 2.20. The van der Waals surface area contributed by atoms with Crippen LogP contribution in [0, 0.1) is 0 Å². The molecule has 1 aliphatic heterocycles.